The highest BCUT2D eigenvalue weighted by atomic mass is 79.9. The number of nitrogens with one attached hydrogen (secondary N) is 1. The summed E-state index contributed by atoms with van der Waals surface area (Å²) in [4.78, 5) is 0.415. The second kappa shape index (κ2) is 8.51. The van der Waals surface area contributed by atoms with E-state index in [1.807, 2.05) is 18.2 Å². The van der Waals surface area contributed by atoms with Gasteiger partial charge in [-0.1, -0.05) is 12.2 Å². The van der Waals surface area contributed by atoms with Crippen molar-refractivity contribution in [1.29, 1.82) is 0 Å². The average Bonchev–Trinajstić information content (AvgIpc) is 2.34. The lowest BCUT2D eigenvalue weighted by Gasteiger charge is -2.10. The molecule has 0 aliphatic carbocycles. The van der Waals surface area contributed by atoms with Crippen LogP contribution in [0.1, 0.15) is 32.3 Å². The number of nitrogens with two attached hydrogens (primary N) is 1. The summed E-state index contributed by atoms with van der Waals surface area (Å²) >= 11 is 8.46. The second-order valence-corrected chi connectivity index (χ2v) is 5.91. The van der Waals surface area contributed by atoms with E-state index in [0.717, 1.165) is 41.7 Å². The van der Waals surface area contributed by atoms with Gasteiger partial charge in [0.2, 0.25) is 0 Å². The molecule has 0 bridgehead atoms. The van der Waals surface area contributed by atoms with Gasteiger partial charge in [-0.15, -0.1) is 0 Å². The van der Waals surface area contributed by atoms with Crippen molar-refractivity contribution >= 4 is 38.8 Å². The maximum absolute atomic E-state index is 5.59. The van der Waals surface area contributed by atoms with Gasteiger partial charge in [0, 0.05) is 28.9 Å². The smallest absolute Gasteiger partial charge is 0.104 e. The summed E-state index contributed by atoms with van der Waals surface area (Å²) in [6.07, 6.45) is 2.46. The molecule has 0 heterocycles. The summed E-state index contributed by atoms with van der Waals surface area (Å²) < 4.78 is 6.48. The van der Waals surface area contributed by atoms with Crippen molar-refractivity contribution in [2.75, 3.05) is 18.5 Å². The number of anilines is 1. The van der Waals surface area contributed by atoms with Crippen LogP contribution >= 0.6 is 28.1 Å². The van der Waals surface area contributed by atoms with Crippen LogP contribution < -0.4 is 11.1 Å². The van der Waals surface area contributed by atoms with E-state index in [0.29, 0.717) is 11.1 Å². The third-order valence-electron chi connectivity index (χ3n) is 2.59. The maximum atomic E-state index is 5.59. The van der Waals surface area contributed by atoms with E-state index >= 15 is 0 Å². The number of hydrogen-bond acceptors (Lipinski definition) is 3. The molecule has 3 N–H and O–H groups in total. The van der Waals surface area contributed by atoms with E-state index in [4.69, 9.17) is 22.7 Å². The van der Waals surface area contributed by atoms with Gasteiger partial charge in [-0.3, -0.25) is 0 Å². The zero-order valence-corrected chi connectivity index (χ0v) is 13.8. The first-order chi connectivity index (χ1) is 9.00. The zero-order valence-electron chi connectivity index (χ0n) is 11.4. The van der Waals surface area contributed by atoms with Crippen molar-refractivity contribution in [3.05, 3.63) is 28.2 Å². The molecule has 0 radical (unpaired) electrons. The molecule has 1 rings (SSSR count). The topological polar surface area (TPSA) is 47.3 Å². The Balaban J connectivity index is 2.32. The number of halogens is 1. The molecule has 1 aromatic rings. The number of hydrogen-bond donors (Lipinski definition) is 2. The van der Waals surface area contributed by atoms with Crippen LogP contribution in [-0.4, -0.2) is 24.2 Å². The first-order valence-corrected chi connectivity index (χ1v) is 7.65. The molecule has 0 atom stereocenters. The third-order valence-corrected chi connectivity index (χ3v) is 3.48. The van der Waals surface area contributed by atoms with E-state index in [9.17, 15) is 0 Å². The molecule has 0 unspecified atom stereocenters. The van der Waals surface area contributed by atoms with Crippen LogP contribution in [0.3, 0.4) is 0 Å². The van der Waals surface area contributed by atoms with Gasteiger partial charge in [0.15, 0.2) is 0 Å². The highest BCUT2D eigenvalue weighted by molar-refractivity contribution is 9.10. The Morgan fingerprint density at radius 1 is 1.42 bits per heavy atom. The van der Waals surface area contributed by atoms with Crippen LogP contribution in [-0.2, 0) is 4.74 Å². The number of rotatable bonds is 8. The molecule has 0 aliphatic heterocycles. The Morgan fingerprint density at radius 2 is 2.16 bits per heavy atom. The van der Waals surface area contributed by atoms with Gasteiger partial charge < -0.3 is 15.8 Å². The van der Waals surface area contributed by atoms with E-state index in [2.05, 4.69) is 35.1 Å². The average molecular weight is 345 g/mol. The predicted octanol–water partition coefficient (Wildman–Crippen LogP) is 3.70. The Bertz CT molecular complexity index is 424. The first kappa shape index (κ1) is 16.4. The molecule has 0 fully saturated rings. The zero-order chi connectivity index (χ0) is 14.3. The standard InChI is InChI=1S/C14H21BrN2OS/c1-10(2)18-8-4-3-7-17-13-6-5-11(14(16)19)9-12(13)15/h5-6,9-10,17H,3-4,7-8H2,1-2H3,(H2,16,19). The third kappa shape index (κ3) is 6.36. The van der Waals surface area contributed by atoms with Crippen molar-refractivity contribution in [2.24, 2.45) is 5.73 Å². The molecule has 0 spiro atoms. The minimum atomic E-state index is 0.315. The van der Waals surface area contributed by atoms with Gasteiger partial charge in [-0.05, 0) is 60.8 Å². The van der Waals surface area contributed by atoms with Crippen molar-refractivity contribution in [3.8, 4) is 0 Å². The number of thiocarbonyl (C=S) groups is 1. The van der Waals surface area contributed by atoms with Crippen molar-refractivity contribution < 1.29 is 4.74 Å². The first-order valence-electron chi connectivity index (χ1n) is 6.45. The predicted molar refractivity (Wildman–Crippen MR) is 88.8 cm³/mol. The Hall–Kier alpha value is -0.650. The second-order valence-electron chi connectivity index (χ2n) is 4.61. The van der Waals surface area contributed by atoms with Gasteiger partial charge in [0.1, 0.15) is 4.99 Å². The molecular formula is C14H21BrN2OS. The number of unbranched alkanes of at least 4 members (excludes halogenated alkanes) is 1. The molecule has 1 aromatic carbocycles. The largest absolute Gasteiger partial charge is 0.389 e. The Labute approximate surface area is 129 Å². The highest BCUT2D eigenvalue weighted by Crippen LogP contribution is 2.23. The number of benzene rings is 1. The molecular weight excluding hydrogens is 324 g/mol. The van der Waals surface area contributed by atoms with Crippen molar-refractivity contribution in [3.63, 3.8) is 0 Å². The van der Waals surface area contributed by atoms with Crippen LogP contribution in [0.2, 0.25) is 0 Å². The molecule has 3 nitrogen and oxygen atoms in total. The minimum absolute atomic E-state index is 0.315. The summed E-state index contributed by atoms with van der Waals surface area (Å²) in [5.74, 6) is 0. The van der Waals surface area contributed by atoms with Crippen LogP contribution in [0.25, 0.3) is 0 Å². The Kier molecular flexibility index (Phi) is 7.34. The fraction of sp³-hybridized carbons (Fsp3) is 0.500. The van der Waals surface area contributed by atoms with Crippen LogP contribution in [0.5, 0.6) is 0 Å². The lowest BCUT2D eigenvalue weighted by atomic mass is 10.2. The molecule has 19 heavy (non-hydrogen) atoms. The van der Waals surface area contributed by atoms with Gasteiger partial charge >= 0.3 is 0 Å². The summed E-state index contributed by atoms with van der Waals surface area (Å²) in [7, 11) is 0. The lowest BCUT2D eigenvalue weighted by Crippen LogP contribution is -2.10. The molecule has 5 heteroatoms. The van der Waals surface area contributed by atoms with Gasteiger partial charge in [-0.25, -0.2) is 0 Å². The summed E-state index contributed by atoms with van der Waals surface area (Å²) in [5, 5.41) is 3.38. The summed E-state index contributed by atoms with van der Waals surface area (Å²) in [6, 6.07) is 5.85. The van der Waals surface area contributed by atoms with Crippen LogP contribution in [0.4, 0.5) is 5.69 Å². The van der Waals surface area contributed by atoms with E-state index in [-0.39, 0.29) is 0 Å². The fourth-order valence-corrected chi connectivity index (χ4v) is 2.23. The normalized spacial score (nSPS) is 10.7. The quantitative estimate of drug-likeness (QED) is 0.557. The molecule has 0 saturated heterocycles. The fourth-order valence-electron chi connectivity index (χ4n) is 1.58. The molecule has 0 saturated carbocycles. The Morgan fingerprint density at radius 3 is 2.74 bits per heavy atom. The van der Waals surface area contributed by atoms with Crippen molar-refractivity contribution in [2.45, 2.75) is 32.8 Å². The van der Waals surface area contributed by atoms with Crippen LogP contribution in [0, 0.1) is 0 Å². The summed E-state index contributed by atoms with van der Waals surface area (Å²) in [6.45, 7) is 5.85. The van der Waals surface area contributed by atoms with Crippen LogP contribution in [0.15, 0.2) is 22.7 Å². The van der Waals surface area contributed by atoms with Crippen molar-refractivity contribution in [1.82, 2.24) is 0 Å². The maximum Gasteiger partial charge on any atom is 0.104 e. The lowest BCUT2D eigenvalue weighted by molar-refractivity contribution is 0.0765. The molecule has 0 aliphatic rings. The van der Waals surface area contributed by atoms with Gasteiger partial charge in [0.25, 0.3) is 0 Å². The number of ether oxygens (including phenoxy) is 1. The monoisotopic (exact) mass is 344 g/mol. The van der Waals surface area contributed by atoms with E-state index < -0.39 is 0 Å². The van der Waals surface area contributed by atoms with Gasteiger partial charge in [0.05, 0.1) is 6.10 Å². The highest BCUT2D eigenvalue weighted by Gasteiger charge is 2.02. The SMILES string of the molecule is CC(C)OCCCCNc1ccc(C(N)=S)cc1Br. The van der Waals surface area contributed by atoms with E-state index in [1.54, 1.807) is 0 Å². The summed E-state index contributed by atoms with van der Waals surface area (Å²) in [5.41, 5.74) is 7.52. The minimum Gasteiger partial charge on any atom is -0.389 e. The molecule has 0 aromatic heterocycles. The molecule has 106 valence electrons. The molecule has 0 amide bonds. The van der Waals surface area contributed by atoms with E-state index in [1.165, 1.54) is 0 Å². The van der Waals surface area contributed by atoms with Gasteiger partial charge in [-0.2, -0.15) is 0 Å².